The van der Waals surface area contributed by atoms with Crippen LogP contribution in [0.4, 0.5) is 0 Å². The fraction of sp³-hybridized carbons (Fsp3) is 0.950. The number of aliphatic hydroxyl groups excluding tert-OH is 1. The summed E-state index contributed by atoms with van der Waals surface area (Å²) in [6.45, 7) is 6.91. The van der Waals surface area contributed by atoms with Gasteiger partial charge in [-0.1, -0.05) is 84.5 Å². The van der Waals surface area contributed by atoms with Crippen LogP contribution in [0.2, 0.25) is 0 Å². The molecule has 0 aromatic rings. The van der Waals surface area contributed by atoms with Crippen LogP contribution >= 0.6 is 0 Å². The normalized spacial score (nSPS) is 10.1. The quantitative estimate of drug-likeness (QED) is 0.294. The Hall–Kier alpha value is -0.570. The van der Waals surface area contributed by atoms with E-state index in [9.17, 15) is 4.79 Å². The number of carbonyl (C=O) groups excluding carboxylic acids is 1. The van der Waals surface area contributed by atoms with Crippen LogP contribution in [0.1, 0.15) is 111 Å². The maximum Gasteiger partial charge on any atom is 0.305 e. The molecule has 0 spiro atoms. The van der Waals surface area contributed by atoms with Crippen LogP contribution in [0.15, 0.2) is 0 Å². The van der Waals surface area contributed by atoms with Crippen LogP contribution in [0, 0.1) is 0 Å². The number of hydrogen-bond donors (Lipinski definition) is 1. The molecule has 0 unspecified atom stereocenters. The molecule has 0 saturated heterocycles. The zero-order valence-electron chi connectivity index (χ0n) is 16.1. The number of aliphatic hydroxyl groups is 1. The third kappa shape index (κ3) is 26.6. The van der Waals surface area contributed by atoms with Gasteiger partial charge in [-0.15, -0.1) is 0 Å². The minimum atomic E-state index is -0.00521. The van der Waals surface area contributed by atoms with Gasteiger partial charge in [0.05, 0.1) is 6.61 Å². The second kappa shape index (κ2) is 23.7. The highest BCUT2D eigenvalue weighted by Gasteiger charge is 2.01. The molecule has 0 aromatic carbocycles. The van der Waals surface area contributed by atoms with Gasteiger partial charge in [0.1, 0.15) is 0 Å². The Balaban J connectivity index is 0. The molecular weight excluding hydrogens is 288 g/mol. The highest BCUT2D eigenvalue weighted by Crippen LogP contribution is 2.12. The molecule has 0 heterocycles. The van der Waals surface area contributed by atoms with Crippen molar-refractivity contribution in [3.8, 4) is 0 Å². The van der Waals surface area contributed by atoms with E-state index in [-0.39, 0.29) is 12.6 Å². The van der Waals surface area contributed by atoms with Crippen LogP contribution in [0.3, 0.4) is 0 Å². The van der Waals surface area contributed by atoms with Crippen LogP contribution in [0.5, 0.6) is 0 Å². The van der Waals surface area contributed by atoms with Crippen molar-refractivity contribution in [1.29, 1.82) is 0 Å². The molecule has 0 aliphatic carbocycles. The number of ether oxygens (including phenoxy) is 1. The first-order valence-corrected chi connectivity index (χ1v) is 9.99. The van der Waals surface area contributed by atoms with E-state index in [1.54, 1.807) is 6.92 Å². The summed E-state index contributed by atoms with van der Waals surface area (Å²) < 4.78 is 5.14. The number of hydrogen-bond acceptors (Lipinski definition) is 3. The van der Waals surface area contributed by atoms with Crippen molar-refractivity contribution in [1.82, 2.24) is 0 Å². The summed E-state index contributed by atoms with van der Waals surface area (Å²) in [6, 6.07) is 0. The lowest BCUT2D eigenvalue weighted by atomic mass is 10.1. The molecule has 0 amide bonds. The van der Waals surface area contributed by atoms with E-state index >= 15 is 0 Å². The molecule has 0 fully saturated rings. The van der Waals surface area contributed by atoms with E-state index in [1.807, 2.05) is 0 Å². The van der Waals surface area contributed by atoms with E-state index < -0.39 is 0 Å². The summed E-state index contributed by atoms with van der Waals surface area (Å²) in [4.78, 5) is 11.4. The second-order valence-corrected chi connectivity index (χ2v) is 6.18. The highest BCUT2D eigenvalue weighted by atomic mass is 16.5. The summed E-state index contributed by atoms with van der Waals surface area (Å²) >= 11 is 0. The Kier molecular flexibility index (Phi) is 25.4. The van der Waals surface area contributed by atoms with Crippen molar-refractivity contribution in [3.05, 3.63) is 0 Å². The average Bonchev–Trinajstić information content (AvgIpc) is 2.53. The second-order valence-electron chi connectivity index (χ2n) is 6.18. The minimum Gasteiger partial charge on any atom is -0.466 e. The maximum absolute atomic E-state index is 11.4. The van der Waals surface area contributed by atoms with Crippen molar-refractivity contribution in [2.75, 3.05) is 13.2 Å². The molecule has 140 valence electrons. The van der Waals surface area contributed by atoms with Crippen LogP contribution in [0.25, 0.3) is 0 Å². The Bertz CT molecular complexity index is 217. The first-order valence-electron chi connectivity index (χ1n) is 9.99. The van der Waals surface area contributed by atoms with Crippen molar-refractivity contribution in [2.45, 2.75) is 111 Å². The zero-order valence-corrected chi connectivity index (χ0v) is 16.1. The van der Waals surface area contributed by atoms with Gasteiger partial charge in [-0.25, -0.2) is 0 Å². The summed E-state index contributed by atoms with van der Waals surface area (Å²) in [7, 11) is 0. The predicted octanol–water partition coefficient (Wildman–Crippen LogP) is 6.03. The van der Waals surface area contributed by atoms with Gasteiger partial charge >= 0.3 is 5.97 Å². The van der Waals surface area contributed by atoms with Gasteiger partial charge in [-0.2, -0.15) is 0 Å². The van der Waals surface area contributed by atoms with Crippen molar-refractivity contribution >= 4 is 5.97 Å². The molecule has 23 heavy (non-hydrogen) atoms. The largest absolute Gasteiger partial charge is 0.466 e. The first-order chi connectivity index (χ1) is 11.2. The molecule has 3 nitrogen and oxygen atoms in total. The van der Waals surface area contributed by atoms with Crippen LogP contribution in [-0.2, 0) is 9.53 Å². The van der Waals surface area contributed by atoms with Crippen molar-refractivity contribution in [2.24, 2.45) is 0 Å². The third-order valence-electron chi connectivity index (χ3n) is 3.75. The Labute approximate surface area is 145 Å². The lowest BCUT2D eigenvalue weighted by molar-refractivity contribution is -0.143. The number of unbranched alkanes of at least 4 members (excludes halogenated alkanes) is 11. The van der Waals surface area contributed by atoms with Crippen LogP contribution in [-0.4, -0.2) is 24.3 Å². The van der Waals surface area contributed by atoms with E-state index in [4.69, 9.17) is 9.84 Å². The molecule has 1 N–H and O–H groups in total. The summed E-state index contributed by atoms with van der Waals surface area (Å²) in [5.74, 6) is -0.00521. The van der Waals surface area contributed by atoms with Gasteiger partial charge < -0.3 is 9.84 Å². The minimum absolute atomic E-state index is 0.00521. The molecule has 3 heteroatoms. The van der Waals surface area contributed by atoms with Crippen molar-refractivity contribution < 1.29 is 14.6 Å². The summed E-state index contributed by atoms with van der Waals surface area (Å²) in [5.41, 5.74) is 0. The highest BCUT2D eigenvalue weighted by molar-refractivity contribution is 5.69. The molecule has 0 aliphatic heterocycles. The fourth-order valence-electron chi connectivity index (χ4n) is 2.34. The van der Waals surface area contributed by atoms with Gasteiger partial charge in [-0.3, -0.25) is 4.79 Å². The van der Waals surface area contributed by atoms with E-state index in [0.29, 0.717) is 13.0 Å². The molecule has 0 rings (SSSR count). The molecule has 0 aliphatic rings. The number of rotatable bonds is 15. The predicted molar refractivity (Wildman–Crippen MR) is 99.7 cm³/mol. The Morgan fingerprint density at radius 1 is 0.696 bits per heavy atom. The molecule has 0 saturated carbocycles. The van der Waals surface area contributed by atoms with Gasteiger partial charge in [0.2, 0.25) is 0 Å². The summed E-state index contributed by atoms with van der Waals surface area (Å²) in [6.07, 6.45) is 17.2. The molecule has 0 bridgehead atoms. The lowest BCUT2D eigenvalue weighted by Gasteiger charge is -2.04. The smallest absolute Gasteiger partial charge is 0.305 e. The fourth-order valence-corrected chi connectivity index (χ4v) is 2.34. The molecular formula is C20H42O3. The molecule has 0 aromatic heterocycles. The zero-order chi connectivity index (χ0) is 17.6. The third-order valence-corrected chi connectivity index (χ3v) is 3.75. The van der Waals surface area contributed by atoms with Crippen LogP contribution < -0.4 is 0 Å². The SMILES string of the molecule is CCCCCCCCCCCCCC(=O)OCCCC.CCO. The number of carbonyl (C=O) groups is 1. The van der Waals surface area contributed by atoms with Gasteiger partial charge in [0, 0.05) is 13.0 Å². The van der Waals surface area contributed by atoms with Crippen molar-refractivity contribution in [3.63, 3.8) is 0 Å². The first kappa shape index (κ1) is 24.7. The maximum atomic E-state index is 11.4. The monoisotopic (exact) mass is 330 g/mol. The lowest BCUT2D eigenvalue weighted by Crippen LogP contribution is -2.05. The van der Waals surface area contributed by atoms with Gasteiger partial charge in [0.25, 0.3) is 0 Å². The van der Waals surface area contributed by atoms with Gasteiger partial charge in [-0.05, 0) is 19.8 Å². The average molecular weight is 331 g/mol. The van der Waals surface area contributed by atoms with E-state index in [2.05, 4.69) is 13.8 Å². The molecule has 0 atom stereocenters. The topological polar surface area (TPSA) is 46.5 Å². The Morgan fingerprint density at radius 3 is 1.52 bits per heavy atom. The van der Waals surface area contributed by atoms with E-state index in [1.165, 1.54) is 64.2 Å². The Morgan fingerprint density at radius 2 is 1.09 bits per heavy atom. The van der Waals surface area contributed by atoms with E-state index in [0.717, 1.165) is 19.3 Å². The number of esters is 1. The molecule has 0 radical (unpaired) electrons. The standard InChI is InChI=1S/C18H36O2.C2H6O/c1-3-5-7-8-9-10-11-12-13-14-15-16-18(19)20-17-6-4-2;1-2-3/h3-17H2,1-2H3;3H,2H2,1H3. The summed E-state index contributed by atoms with van der Waals surface area (Å²) in [5, 5.41) is 7.57. The van der Waals surface area contributed by atoms with Gasteiger partial charge in [0.15, 0.2) is 0 Å².